The van der Waals surface area contributed by atoms with E-state index in [9.17, 15) is 8.42 Å². The van der Waals surface area contributed by atoms with Crippen molar-refractivity contribution in [2.75, 3.05) is 13.2 Å². The number of benzene rings is 1. The Balaban J connectivity index is 1.52. The fraction of sp³-hybridized carbons (Fsp3) is 0.235. The van der Waals surface area contributed by atoms with Gasteiger partial charge in [-0.3, -0.25) is 0 Å². The summed E-state index contributed by atoms with van der Waals surface area (Å²) in [5, 5.41) is 4.97. The Morgan fingerprint density at radius 2 is 2.00 bits per heavy atom. The highest BCUT2D eigenvalue weighted by atomic mass is 35.5. The van der Waals surface area contributed by atoms with Crippen molar-refractivity contribution in [3.05, 3.63) is 51.3 Å². The maximum atomic E-state index is 12.6. The van der Waals surface area contributed by atoms with Gasteiger partial charge in [0, 0.05) is 5.38 Å². The van der Waals surface area contributed by atoms with Crippen molar-refractivity contribution in [2.24, 2.45) is 0 Å². The summed E-state index contributed by atoms with van der Waals surface area (Å²) in [6.45, 7) is 0.852. The van der Waals surface area contributed by atoms with Gasteiger partial charge in [0.15, 0.2) is 21.3 Å². The van der Waals surface area contributed by atoms with E-state index in [1.165, 1.54) is 11.3 Å². The number of halogens is 1. The van der Waals surface area contributed by atoms with E-state index in [4.69, 9.17) is 21.1 Å². The van der Waals surface area contributed by atoms with Crippen molar-refractivity contribution in [3.8, 4) is 21.4 Å². The van der Waals surface area contributed by atoms with Crippen molar-refractivity contribution in [2.45, 2.75) is 11.5 Å². The zero-order valence-corrected chi connectivity index (χ0v) is 16.7. The van der Waals surface area contributed by atoms with E-state index in [0.717, 1.165) is 9.88 Å². The molecule has 1 aliphatic rings. The van der Waals surface area contributed by atoms with E-state index in [0.29, 0.717) is 41.0 Å². The molecule has 0 radical (unpaired) electrons. The van der Waals surface area contributed by atoms with Gasteiger partial charge < -0.3 is 9.47 Å². The van der Waals surface area contributed by atoms with Crippen LogP contribution in [0.4, 0.5) is 0 Å². The highest BCUT2D eigenvalue weighted by Crippen LogP contribution is 2.39. The lowest BCUT2D eigenvalue weighted by molar-refractivity contribution is 0.171. The minimum absolute atomic E-state index is 0.110. The monoisotopic (exact) mass is 427 g/mol. The highest BCUT2D eigenvalue weighted by molar-refractivity contribution is 7.89. The van der Waals surface area contributed by atoms with Crippen LogP contribution in [0.1, 0.15) is 11.3 Å². The standard InChI is InChI=1S/C17H14ClNO4S3/c18-13-6-11(7-14-16(13)23-4-3-22-14)9-26(20,21)10-12-8-25-17(19-12)15-2-1-5-24-15/h1-2,5-8H,3-4,9-10H2. The Hall–Kier alpha value is -1.61. The summed E-state index contributed by atoms with van der Waals surface area (Å²) in [6, 6.07) is 7.21. The molecule has 9 heteroatoms. The van der Waals surface area contributed by atoms with Crippen molar-refractivity contribution < 1.29 is 17.9 Å². The molecular formula is C17H14ClNO4S3. The van der Waals surface area contributed by atoms with Crippen molar-refractivity contribution in [1.29, 1.82) is 0 Å². The van der Waals surface area contributed by atoms with Crippen LogP contribution in [0.15, 0.2) is 35.0 Å². The molecule has 3 aromatic rings. The summed E-state index contributed by atoms with van der Waals surface area (Å²) >= 11 is 9.22. The maximum Gasteiger partial charge on any atom is 0.179 e. The van der Waals surface area contributed by atoms with Gasteiger partial charge in [-0.25, -0.2) is 13.4 Å². The smallest absolute Gasteiger partial charge is 0.179 e. The molecule has 26 heavy (non-hydrogen) atoms. The first-order valence-electron chi connectivity index (χ1n) is 7.77. The molecule has 0 amide bonds. The molecule has 0 bridgehead atoms. The number of fused-ring (bicyclic) bond motifs is 1. The van der Waals surface area contributed by atoms with E-state index in [2.05, 4.69) is 4.98 Å². The van der Waals surface area contributed by atoms with E-state index in [-0.39, 0.29) is 11.5 Å². The number of thiophene rings is 1. The van der Waals surface area contributed by atoms with Crippen LogP contribution in [0.25, 0.3) is 9.88 Å². The lowest BCUT2D eigenvalue weighted by atomic mass is 10.2. The molecule has 0 aliphatic carbocycles. The molecular weight excluding hydrogens is 414 g/mol. The van der Waals surface area contributed by atoms with Crippen LogP contribution < -0.4 is 9.47 Å². The molecule has 5 nitrogen and oxygen atoms in total. The third-order valence-corrected chi connectivity index (χ3v) is 7.41. The van der Waals surface area contributed by atoms with Gasteiger partial charge in [-0.05, 0) is 29.1 Å². The normalized spacial score (nSPS) is 13.7. The largest absolute Gasteiger partial charge is 0.486 e. The van der Waals surface area contributed by atoms with Gasteiger partial charge in [-0.1, -0.05) is 17.7 Å². The Bertz CT molecular complexity index is 1030. The van der Waals surface area contributed by atoms with Crippen LogP contribution in [0, 0.1) is 0 Å². The Kier molecular flexibility index (Phi) is 4.92. The average molecular weight is 428 g/mol. The molecule has 0 atom stereocenters. The Labute approximate surface area is 164 Å². The van der Waals surface area contributed by atoms with Gasteiger partial charge in [0.1, 0.15) is 18.2 Å². The van der Waals surface area contributed by atoms with Crippen molar-refractivity contribution in [3.63, 3.8) is 0 Å². The van der Waals surface area contributed by atoms with Gasteiger partial charge in [0.2, 0.25) is 0 Å². The first-order chi connectivity index (χ1) is 12.5. The van der Waals surface area contributed by atoms with Gasteiger partial charge in [-0.2, -0.15) is 0 Å². The van der Waals surface area contributed by atoms with Crippen LogP contribution in [-0.2, 0) is 21.3 Å². The summed E-state index contributed by atoms with van der Waals surface area (Å²) in [6.07, 6.45) is 0. The molecule has 1 aliphatic heterocycles. The third kappa shape index (κ3) is 3.88. The second kappa shape index (κ2) is 7.19. The number of hydrogen-bond acceptors (Lipinski definition) is 7. The number of nitrogens with zero attached hydrogens (tertiary/aromatic N) is 1. The third-order valence-electron chi connectivity index (χ3n) is 3.69. The zero-order chi connectivity index (χ0) is 18.1. The van der Waals surface area contributed by atoms with Gasteiger partial charge >= 0.3 is 0 Å². The molecule has 136 valence electrons. The highest BCUT2D eigenvalue weighted by Gasteiger charge is 2.21. The first kappa shape index (κ1) is 17.8. The molecule has 0 unspecified atom stereocenters. The fourth-order valence-corrected chi connectivity index (χ4v) is 6.07. The topological polar surface area (TPSA) is 65.5 Å². The number of thiazole rings is 1. The van der Waals surface area contributed by atoms with Gasteiger partial charge in [0.25, 0.3) is 0 Å². The van der Waals surface area contributed by atoms with Gasteiger partial charge in [0.05, 0.1) is 27.1 Å². The number of sulfone groups is 1. The van der Waals surface area contributed by atoms with Crippen LogP contribution in [0.3, 0.4) is 0 Å². The number of rotatable bonds is 5. The maximum absolute atomic E-state index is 12.6. The molecule has 4 rings (SSSR count). The SMILES string of the molecule is O=S(=O)(Cc1cc(Cl)c2c(c1)OCCO2)Cc1csc(-c2cccs2)n1. The second-order valence-corrected chi connectivity index (χ2v) is 10.0. The van der Waals surface area contributed by atoms with Crippen LogP contribution in [-0.4, -0.2) is 26.6 Å². The zero-order valence-electron chi connectivity index (χ0n) is 13.5. The van der Waals surface area contributed by atoms with E-state index in [1.807, 2.05) is 17.5 Å². The molecule has 0 fully saturated rings. The molecule has 0 saturated heterocycles. The Morgan fingerprint density at radius 3 is 2.81 bits per heavy atom. The van der Waals surface area contributed by atoms with E-state index in [1.54, 1.807) is 28.8 Å². The second-order valence-electron chi connectivity index (χ2n) is 5.76. The lowest BCUT2D eigenvalue weighted by Crippen LogP contribution is -2.16. The van der Waals surface area contributed by atoms with E-state index < -0.39 is 9.84 Å². The predicted molar refractivity (Wildman–Crippen MR) is 104 cm³/mol. The quantitative estimate of drug-likeness (QED) is 0.603. The predicted octanol–water partition coefficient (Wildman–Crippen LogP) is 4.41. The van der Waals surface area contributed by atoms with Gasteiger partial charge in [-0.15, -0.1) is 22.7 Å². The fourth-order valence-electron chi connectivity index (χ4n) is 2.66. The summed E-state index contributed by atoms with van der Waals surface area (Å²) in [5.74, 6) is 0.720. The van der Waals surface area contributed by atoms with E-state index >= 15 is 0 Å². The first-order valence-corrected chi connectivity index (χ1v) is 11.7. The van der Waals surface area contributed by atoms with Crippen molar-refractivity contribution >= 4 is 44.1 Å². The Morgan fingerprint density at radius 1 is 1.15 bits per heavy atom. The number of aromatic nitrogens is 1. The summed E-state index contributed by atoms with van der Waals surface area (Å²) in [4.78, 5) is 5.49. The molecule has 3 heterocycles. The number of hydrogen-bond donors (Lipinski definition) is 0. The van der Waals surface area contributed by atoms with Crippen molar-refractivity contribution in [1.82, 2.24) is 4.98 Å². The molecule has 0 N–H and O–H groups in total. The summed E-state index contributed by atoms with van der Waals surface area (Å²) in [5.41, 5.74) is 1.13. The minimum Gasteiger partial charge on any atom is -0.486 e. The van der Waals surface area contributed by atoms with Crippen LogP contribution in [0.2, 0.25) is 5.02 Å². The van der Waals surface area contributed by atoms with Crippen LogP contribution in [0.5, 0.6) is 11.5 Å². The lowest BCUT2D eigenvalue weighted by Gasteiger charge is -2.20. The summed E-state index contributed by atoms with van der Waals surface area (Å²) < 4.78 is 36.2. The number of ether oxygens (including phenoxy) is 2. The molecule has 2 aromatic heterocycles. The minimum atomic E-state index is -3.39. The molecule has 1 aromatic carbocycles. The molecule has 0 saturated carbocycles. The average Bonchev–Trinajstić information content (AvgIpc) is 3.25. The van der Waals surface area contributed by atoms with Crippen LogP contribution >= 0.6 is 34.3 Å². The molecule has 0 spiro atoms. The summed E-state index contributed by atoms with van der Waals surface area (Å²) in [7, 11) is -3.39.